The fraction of sp³-hybridized carbons (Fsp3) is 0.455. The number of carbonyl (C=O) groups is 2. The monoisotopic (exact) mass is 212 g/mol. The van der Waals surface area contributed by atoms with Gasteiger partial charge in [0.05, 0.1) is 25.4 Å². The zero-order chi connectivity index (χ0) is 12.0. The van der Waals surface area contributed by atoms with Crippen molar-refractivity contribution in [1.29, 1.82) is 0 Å². The van der Waals surface area contributed by atoms with Crippen LogP contribution in [0, 0.1) is 0 Å². The maximum atomic E-state index is 11.4. The predicted octanol–water partition coefficient (Wildman–Crippen LogP) is 1.62. The van der Waals surface area contributed by atoms with E-state index in [4.69, 9.17) is 0 Å². The smallest absolute Gasteiger partial charge is 0.338 e. The van der Waals surface area contributed by atoms with Crippen LogP contribution >= 0.6 is 0 Å². The molecule has 0 bridgehead atoms. The highest BCUT2D eigenvalue weighted by Gasteiger charge is 2.22. The molecule has 84 valence electrons. The minimum Gasteiger partial charge on any atom is -0.465 e. The Kier molecular flexibility index (Phi) is 5.37. The van der Waals surface area contributed by atoms with E-state index in [1.165, 1.54) is 20.3 Å². The van der Waals surface area contributed by atoms with Gasteiger partial charge in [-0.15, -0.1) is 0 Å². The van der Waals surface area contributed by atoms with Crippen LogP contribution < -0.4 is 0 Å². The van der Waals surface area contributed by atoms with Gasteiger partial charge in [-0.05, 0) is 20.8 Å². The first-order chi connectivity index (χ1) is 6.99. The van der Waals surface area contributed by atoms with E-state index in [9.17, 15) is 9.59 Å². The molecule has 0 aliphatic heterocycles. The van der Waals surface area contributed by atoms with Gasteiger partial charge in [-0.1, -0.05) is 11.6 Å². The summed E-state index contributed by atoms with van der Waals surface area (Å²) in [6.07, 6.45) is 1.53. The van der Waals surface area contributed by atoms with Gasteiger partial charge < -0.3 is 9.47 Å². The molecule has 0 aliphatic carbocycles. The highest BCUT2D eigenvalue weighted by Crippen LogP contribution is 2.17. The van der Waals surface area contributed by atoms with Crippen molar-refractivity contribution < 1.29 is 19.1 Å². The zero-order valence-electron chi connectivity index (χ0n) is 9.71. The van der Waals surface area contributed by atoms with E-state index in [0.29, 0.717) is 5.57 Å². The van der Waals surface area contributed by atoms with Crippen LogP contribution in [0.1, 0.15) is 20.8 Å². The second-order valence-electron chi connectivity index (χ2n) is 3.06. The molecule has 15 heavy (non-hydrogen) atoms. The Morgan fingerprint density at radius 1 is 1.00 bits per heavy atom. The number of carbonyl (C=O) groups excluding carboxylic acids is 2. The summed E-state index contributed by atoms with van der Waals surface area (Å²) in [5.41, 5.74) is 1.19. The van der Waals surface area contributed by atoms with Crippen molar-refractivity contribution in [2.45, 2.75) is 20.8 Å². The van der Waals surface area contributed by atoms with Gasteiger partial charge in [-0.2, -0.15) is 0 Å². The third kappa shape index (κ3) is 3.23. The quantitative estimate of drug-likeness (QED) is 0.405. The Hall–Kier alpha value is -1.58. The largest absolute Gasteiger partial charge is 0.465 e. The van der Waals surface area contributed by atoms with Crippen molar-refractivity contribution in [3.63, 3.8) is 0 Å². The first-order valence-corrected chi connectivity index (χ1v) is 4.50. The lowest BCUT2D eigenvalue weighted by atomic mass is 10.0. The van der Waals surface area contributed by atoms with Gasteiger partial charge in [0, 0.05) is 0 Å². The summed E-state index contributed by atoms with van der Waals surface area (Å²) in [4.78, 5) is 22.8. The van der Waals surface area contributed by atoms with Gasteiger partial charge >= 0.3 is 11.9 Å². The summed E-state index contributed by atoms with van der Waals surface area (Å²) >= 11 is 0. The van der Waals surface area contributed by atoms with Crippen molar-refractivity contribution in [2.75, 3.05) is 14.2 Å². The molecule has 0 amide bonds. The molecule has 0 atom stereocenters. The molecule has 0 fully saturated rings. The molecule has 0 aromatic rings. The molecule has 0 saturated carbocycles. The van der Waals surface area contributed by atoms with Gasteiger partial charge in [-0.25, -0.2) is 9.59 Å². The maximum absolute atomic E-state index is 11.4. The number of hydrogen-bond acceptors (Lipinski definition) is 4. The molecule has 0 heterocycles. The molecular weight excluding hydrogens is 196 g/mol. The molecule has 0 aliphatic rings. The molecule has 0 saturated heterocycles. The molecule has 0 unspecified atom stereocenters. The summed E-state index contributed by atoms with van der Waals surface area (Å²) < 4.78 is 9.19. The van der Waals surface area contributed by atoms with E-state index in [2.05, 4.69) is 9.47 Å². The Labute approximate surface area is 89.6 Å². The Balaban J connectivity index is 5.37. The van der Waals surface area contributed by atoms with E-state index in [-0.39, 0.29) is 11.1 Å². The molecule has 0 rings (SSSR count). The lowest BCUT2D eigenvalue weighted by Gasteiger charge is -2.09. The van der Waals surface area contributed by atoms with Crippen LogP contribution in [0.2, 0.25) is 0 Å². The van der Waals surface area contributed by atoms with Crippen molar-refractivity contribution in [2.24, 2.45) is 0 Å². The minimum absolute atomic E-state index is 0.226. The van der Waals surface area contributed by atoms with Crippen LogP contribution in [0.3, 0.4) is 0 Å². The van der Waals surface area contributed by atoms with E-state index in [1.54, 1.807) is 20.8 Å². The van der Waals surface area contributed by atoms with Crippen molar-refractivity contribution >= 4 is 11.9 Å². The van der Waals surface area contributed by atoms with Crippen LogP contribution in [0.5, 0.6) is 0 Å². The molecule has 0 aromatic carbocycles. The fourth-order valence-corrected chi connectivity index (χ4v) is 1.16. The number of allylic oxidation sites excluding steroid dienone is 2. The van der Waals surface area contributed by atoms with Gasteiger partial charge in [0.1, 0.15) is 0 Å². The molecule has 4 nitrogen and oxygen atoms in total. The average Bonchev–Trinajstić information content (AvgIpc) is 2.22. The normalized spacial score (nSPS) is 10.6. The highest BCUT2D eigenvalue weighted by molar-refractivity contribution is 6.07. The molecule has 0 radical (unpaired) electrons. The third-order valence-corrected chi connectivity index (χ3v) is 1.85. The second-order valence-corrected chi connectivity index (χ2v) is 3.06. The average molecular weight is 212 g/mol. The van der Waals surface area contributed by atoms with Crippen molar-refractivity contribution in [3.05, 3.63) is 22.8 Å². The first-order valence-electron chi connectivity index (χ1n) is 4.50. The summed E-state index contributed by atoms with van der Waals surface area (Å²) in [5.74, 6) is -1.08. The number of hydrogen-bond donors (Lipinski definition) is 0. The number of rotatable bonds is 3. The number of ether oxygens (including phenoxy) is 2. The van der Waals surface area contributed by atoms with E-state index < -0.39 is 11.9 Å². The van der Waals surface area contributed by atoms with Gasteiger partial charge in [0.25, 0.3) is 0 Å². The Morgan fingerprint density at radius 3 is 1.73 bits per heavy atom. The molecule has 4 heteroatoms. The number of esters is 2. The second kappa shape index (κ2) is 6.01. The summed E-state index contributed by atoms with van der Waals surface area (Å²) in [6.45, 7) is 5.13. The summed E-state index contributed by atoms with van der Waals surface area (Å²) in [5, 5.41) is 0. The minimum atomic E-state index is -0.542. The Morgan fingerprint density at radius 2 is 1.47 bits per heavy atom. The fourth-order valence-electron chi connectivity index (χ4n) is 1.16. The first kappa shape index (κ1) is 13.4. The lowest BCUT2D eigenvalue weighted by Crippen LogP contribution is -2.16. The van der Waals surface area contributed by atoms with Crippen LogP contribution in [-0.2, 0) is 19.1 Å². The number of methoxy groups -OCH3 is 2. The van der Waals surface area contributed by atoms with Gasteiger partial charge in [-0.3, -0.25) is 0 Å². The molecule has 0 N–H and O–H groups in total. The van der Waals surface area contributed by atoms with Gasteiger partial charge in [0.2, 0.25) is 0 Å². The van der Waals surface area contributed by atoms with Crippen molar-refractivity contribution in [1.82, 2.24) is 0 Å². The zero-order valence-corrected chi connectivity index (χ0v) is 9.71. The summed E-state index contributed by atoms with van der Waals surface area (Å²) in [6, 6.07) is 0. The highest BCUT2D eigenvalue weighted by atomic mass is 16.5. The van der Waals surface area contributed by atoms with E-state index >= 15 is 0 Å². The summed E-state index contributed by atoms with van der Waals surface area (Å²) in [7, 11) is 2.54. The van der Waals surface area contributed by atoms with E-state index in [0.717, 1.165) is 0 Å². The van der Waals surface area contributed by atoms with Crippen LogP contribution in [0.25, 0.3) is 0 Å². The molecule has 0 spiro atoms. The molecule has 0 aromatic heterocycles. The lowest BCUT2D eigenvalue weighted by molar-refractivity contribution is -0.139. The van der Waals surface area contributed by atoms with Crippen LogP contribution in [-0.4, -0.2) is 26.2 Å². The standard InChI is InChI=1S/C11H16O4/c1-6-8(10(12)14-4)9(7(2)3)11(13)15-5/h6H,1-5H3/b8-6-. The predicted molar refractivity (Wildman–Crippen MR) is 56.2 cm³/mol. The Bertz CT molecular complexity index is 319. The van der Waals surface area contributed by atoms with Gasteiger partial charge in [0.15, 0.2) is 0 Å². The SMILES string of the molecule is C/C=C(\C(=O)OC)C(C(=O)OC)=C(C)C. The van der Waals surface area contributed by atoms with Crippen LogP contribution in [0.4, 0.5) is 0 Å². The van der Waals surface area contributed by atoms with E-state index in [1.807, 2.05) is 0 Å². The molecular formula is C11H16O4. The topological polar surface area (TPSA) is 52.6 Å². The van der Waals surface area contributed by atoms with Crippen LogP contribution in [0.15, 0.2) is 22.8 Å². The third-order valence-electron chi connectivity index (χ3n) is 1.85. The van der Waals surface area contributed by atoms with Crippen molar-refractivity contribution in [3.8, 4) is 0 Å². The maximum Gasteiger partial charge on any atom is 0.338 e.